The molecule has 132 valence electrons. The lowest BCUT2D eigenvalue weighted by molar-refractivity contribution is -0.146. The van der Waals surface area contributed by atoms with Crippen LogP contribution in [0.2, 0.25) is 0 Å². The summed E-state index contributed by atoms with van der Waals surface area (Å²) in [5.41, 5.74) is 4.27. The van der Waals surface area contributed by atoms with Gasteiger partial charge in [-0.05, 0) is 74.0 Å². The number of rotatable bonds is 4. The van der Waals surface area contributed by atoms with Crippen molar-refractivity contribution in [1.29, 1.82) is 0 Å². The topological polar surface area (TPSA) is 70.6 Å². The van der Waals surface area contributed by atoms with Crippen molar-refractivity contribution in [2.24, 2.45) is 28.3 Å². The summed E-state index contributed by atoms with van der Waals surface area (Å²) in [5, 5.41) is 6.90. The zero-order valence-corrected chi connectivity index (χ0v) is 14.6. The molecule has 4 fully saturated rings. The first kappa shape index (κ1) is 16.3. The van der Waals surface area contributed by atoms with Crippen molar-refractivity contribution in [3.63, 3.8) is 0 Å². The van der Waals surface area contributed by atoms with Gasteiger partial charge in [0, 0.05) is 12.6 Å². The second-order valence-corrected chi connectivity index (χ2v) is 8.20. The van der Waals surface area contributed by atoms with Gasteiger partial charge in [0.2, 0.25) is 11.8 Å². The minimum atomic E-state index is -0.165. The number of benzene rings is 1. The van der Waals surface area contributed by atoms with E-state index in [2.05, 4.69) is 15.8 Å². The fourth-order valence-electron chi connectivity index (χ4n) is 5.53. The van der Waals surface area contributed by atoms with Gasteiger partial charge >= 0.3 is 0 Å². The normalized spacial score (nSPS) is 32.8. The molecule has 0 aromatic heterocycles. The lowest BCUT2D eigenvalue weighted by Crippen LogP contribution is -2.52. The Morgan fingerprint density at radius 1 is 1.04 bits per heavy atom. The standard InChI is InChI=1S/C20H25N3O2/c1-13(24)22-18-4-2-14(3-5-18)12-21-23-19(25)20-9-15-6-16(10-20)8-17(7-15)11-20/h2-5,12,15-17H,6-11H2,1H3,(H,22,24)(H,23,25). The van der Waals surface area contributed by atoms with Crippen LogP contribution in [0.5, 0.6) is 0 Å². The molecule has 4 aliphatic rings. The van der Waals surface area contributed by atoms with Crippen LogP contribution in [0.25, 0.3) is 0 Å². The van der Waals surface area contributed by atoms with E-state index in [4.69, 9.17) is 0 Å². The molecule has 1 aromatic carbocycles. The molecule has 4 saturated carbocycles. The van der Waals surface area contributed by atoms with Crippen LogP contribution in [0.4, 0.5) is 5.69 Å². The first-order valence-corrected chi connectivity index (χ1v) is 9.23. The van der Waals surface area contributed by atoms with Gasteiger partial charge in [0.1, 0.15) is 0 Å². The molecule has 0 saturated heterocycles. The second-order valence-electron chi connectivity index (χ2n) is 8.20. The fourth-order valence-corrected chi connectivity index (χ4v) is 5.53. The number of amides is 2. The van der Waals surface area contributed by atoms with Crippen LogP contribution in [0.15, 0.2) is 29.4 Å². The number of anilines is 1. The summed E-state index contributed by atoms with van der Waals surface area (Å²) < 4.78 is 0. The van der Waals surface area contributed by atoms with Crippen molar-refractivity contribution in [2.75, 3.05) is 5.32 Å². The monoisotopic (exact) mass is 339 g/mol. The first-order chi connectivity index (χ1) is 12.0. The first-order valence-electron chi connectivity index (χ1n) is 9.23. The summed E-state index contributed by atoms with van der Waals surface area (Å²) in [6.45, 7) is 1.48. The predicted octanol–water partition coefficient (Wildman–Crippen LogP) is 3.31. The minimum Gasteiger partial charge on any atom is -0.326 e. The highest BCUT2D eigenvalue weighted by Gasteiger charge is 2.54. The summed E-state index contributed by atoms with van der Waals surface area (Å²) in [5.74, 6) is 2.27. The lowest BCUT2D eigenvalue weighted by Gasteiger charge is -2.55. The molecular weight excluding hydrogens is 314 g/mol. The summed E-state index contributed by atoms with van der Waals surface area (Å²) in [6, 6.07) is 7.38. The van der Waals surface area contributed by atoms with Crippen LogP contribution >= 0.6 is 0 Å². The molecule has 5 nitrogen and oxygen atoms in total. The quantitative estimate of drug-likeness (QED) is 0.652. The van der Waals surface area contributed by atoms with E-state index in [-0.39, 0.29) is 17.2 Å². The van der Waals surface area contributed by atoms with Gasteiger partial charge in [-0.1, -0.05) is 12.1 Å². The van der Waals surface area contributed by atoms with Crippen molar-refractivity contribution in [1.82, 2.24) is 5.43 Å². The number of carbonyl (C=O) groups is 2. The highest BCUT2D eigenvalue weighted by Crippen LogP contribution is 2.60. The molecule has 0 unspecified atom stereocenters. The van der Waals surface area contributed by atoms with E-state index in [0.717, 1.165) is 48.3 Å². The van der Waals surface area contributed by atoms with Gasteiger partial charge in [-0.25, -0.2) is 5.43 Å². The largest absolute Gasteiger partial charge is 0.326 e. The molecule has 0 spiro atoms. The van der Waals surface area contributed by atoms with E-state index >= 15 is 0 Å². The van der Waals surface area contributed by atoms with E-state index < -0.39 is 0 Å². The van der Waals surface area contributed by atoms with Crippen molar-refractivity contribution in [2.45, 2.75) is 45.4 Å². The zero-order chi connectivity index (χ0) is 17.4. The maximum absolute atomic E-state index is 12.8. The Morgan fingerprint density at radius 2 is 1.60 bits per heavy atom. The zero-order valence-electron chi connectivity index (χ0n) is 14.6. The van der Waals surface area contributed by atoms with Crippen molar-refractivity contribution >= 4 is 23.7 Å². The molecule has 2 N–H and O–H groups in total. The maximum atomic E-state index is 12.8. The Balaban J connectivity index is 1.37. The van der Waals surface area contributed by atoms with Crippen LogP contribution in [-0.2, 0) is 9.59 Å². The van der Waals surface area contributed by atoms with Crippen LogP contribution in [0.1, 0.15) is 51.0 Å². The van der Waals surface area contributed by atoms with E-state index in [0.29, 0.717) is 0 Å². The smallest absolute Gasteiger partial charge is 0.246 e. The number of nitrogens with zero attached hydrogens (tertiary/aromatic N) is 1. The van der Waals surface area contributed by atoms with Gasteiger partial charge in [0.05, 0.1) is 11.6 Å². The SMILES string of the molecule is CC(=O)Nc1ccc(C=NNC(=O)C23CC4CC(CC(C4)C2)C3)cc1. The van der Waals surface area contributed by atoms with Gasteiger partial charge < -0.3 is 5.32 Å². The fraction of sp³-hybridized carbons (Fsp3) is 0.550. The molecule has 4 bridgehead atoms. The molecule has 2 amide bonds. The van der Waals surface area contributed by atoms with Crippen LogP contribution in [0.3, 0.4) is 0 Å². The van der Waals surface area contributed by atoms with Gasteiger partial charge in [0.25, 0.3) is 0 Å². The Bertz CT molecular complexity index is 673. The number of hydrogen-bond acceptors (Lipinski definition) is 3. The van der Waals surface area contributed by atoms with Gasteiger partial charge in [-0.15, -0.1) is 0 Å². The Kier molecular flexibility index (Phi) is 4.10. The third-order valence-electron chi connectivity index (χ3n) is 6.13. The Hall–Kier alpha value is -2.17. The molecule has 0 atom stereocenters. The molecule has 5 heteroatoms. The number of carbonyl (C=O) groups excluding carboxylic acids is 2. The van der Waals surface area contributed by atoms with Gasteiger partial charge in [-0.3, -0.25) is 9.59 Å². The molecule has 5 rings (SSSR count). The molecular formula is C20H25N3O2. The predicted molar refractivity (Wildman–Crippen MR) is 97.1 cm³/mol. The highest BCUT2D eigenvalue weighted by atomic mass is 16.2. The number of hydrazone groups is 1. The molecule has 4 aliphatic carbocycles. The molecule has 1 aromatic rings. The summed E-state index contributed by atoms with van der Waals surface area (Å²) in [4.78, 5) is 23.8. The van der Waals surface area contributed by atoms with Crippen LogP contribution in [0, 0.1) is 23.2 Å². The number of nitrogens with one attached hydrogen (secondary N) is 2. The average molecular weight is 339 g/mol. The van der Waals surface area contributed by atoms with E-state index in [9.17, 15) is 9.59 Å². The van der Waals surface area contributed by atoms with E-state index in [1.54, 1.807) is 6.21 Å². The van der Waals surface area contributed by atoms with E-state index in [1.165, 1.54) is 26.2 Å². The van der Waals surface area contributed by atoms with E-state index in [1.807, 2.05) is 24.3 Å². The average Bonchev–Trinajstić information content (AvgIpc) is 2.54. The van der Waals surface area contributed by atoms with Crippen LogP contribution < -0.4 is 10.7 Å². The third-order valence-corrected chi connectivity index (χ3v) is 6.13. The molecule has 0 aliphatic heterocycles. The van der Waals surface area contributed by atoms with Crippen molar-refractivity contribution in [3.8, 4) is 0 Å². The van der Waals surface area contributed by atoms with Crippen LogP contribution in [-0.4, -0.2) is 18.0 Å². The third kappa shape index (κ3) is 3.32. The maximum Gasteiger partial charge on any atom is 0.246 e. The summed E-state index contributed by atoms with van der Waals surface area (Å²) in [6.07, 6.45) is 8.79. The Labute approximate surface area is 148 Å². The van der Waals surface area contributed by atoms with Gasteiger partial charge in [0.15, 0.2) is 0 Å². The lowest BCUT2D eigenvalue weighted by atomic mass is 9.49. The highest BCUT2D eigenvalue weighted by molar-refractivity contribution is 5.90. The summed E-state index contributed by atoms with van der Waals surface area (Å²) in [7, 11) is 0. The van der Waals surface area contributed by atoms with Crippen molar-refractivity contribution in [3.05, 3.63) is 29.8 Å². The summed E-state index contributed by atoms with van der Waals surface area (Å²) >= 11 is 0. The van der Waals surface area contributed by atoms with Crippen molar-refractivity contribution < 1.29 is 9.59 Å². The minimum absolute atomic E-state index is 0.0933. The molecule has 25 heavy (non-hydrogen) atoms. The molecule has 0 heterocycles. The second kappa shape index (κ2) is 6.28. The Morgan fingerprint density at radius 3 is 2.12 bits per heavy atom. The molecule has 0 radical (unpaired) electrons. The van der Waals surface area contributed by atoms with Gasteiger partial charge in [-0.2, -0.15) is 5.10 Å². The number of hydrogen-bond donors (Lipinski definition) is 2.